The summed E-state index contributed by atoms with van der Waals surface area (Å²) in [5.74, 6) is 0.422. The van der Waals surface area contributed by atoms with E-state index in [-0.39, 0.29) is 11.9 Å². The lowest BCUT2D eigenvalue weighted by Gasteiger charge is -2.32. The molecule has 1 aromatic rings. The van der Waals surface area contributed by atoms with Crippen molar-refractivity contribution in [2.45, 2.75) is 37.8 Å². The van der Waals surface area contributed by atoms with Crippen LogP contribution in [0.5, 0.6) is 0 Å². The molecule has 1 atom stereocenters. The molecule has 2 aliphatic rings. The predicted octanol–water partition coefficient (Wildman–Crippen LogP) is 2.44. The molecule has 96 valence electrons. The molecule has 4 heteroatoms. The number of hydrogen-bond donors (Lipinski definition) is 1. The highest BCUT2D eigenvalue weighted by molar-refractivity contribution is 5.80. The molecule has 18 heavy (non-hydrogen) atoms. The van der Waals surface area contributed by atoms with Crippen LogP contribution in [0.4, 0.5) is 4.39 Å². The number of guanidine groups is 1. The smallest absolute Gasteiger partial charge is 0.192 e. The average molecular weight is 247 g/mol. The second-order valence-corrected chi connectivity index (χ2v) is 5.08. The van der Waals surface area contributed by atoms with Crippen molar-refractivity contribution in [3.63, 3.8) is 0 Å². The summed E-state index contributed by atoms with van der Waals surface area (Å²) in [6.07, 6.45) is 4.75. The zero-order valence-electron chi connectivity index (χ0n) is 10.3. The van der Waals surface area contributed by atoms with Gasteiger partial charge in [-0.05, 0) is 18.9 Å². The van der Waals surface area contributed by atoms with E-state index >= 15 is 0 Å². The Balaban J connectivity index is 1.90. The molecule has 1 aromatic carbocycles. The van der Waals surface area contributed by atoms with Gasteiger partial charge in [0.05, 0.1) is 12.6 Å². The van der Waals surface area contributed by atoms with E-state index in [1.54, 1.807) is 6.07 Å². The summed E-state index contributed by atoms with van der Waals surface area (Å²) in [6, 6.07) is 7.36. The van der Waals surface area contributed by atoms with Crippen molar-refractivity contribution in [2.24, 2.45) is 10.7 Å². The number of hydrogen-bond acceptors (Lipinski definition) is 3. The number of aliphatic imine (C=N–C) groups is 1. The Hall–Kier alpha value is -1.58. The lowest BCUT2D eigenvalue weighted by molar-refractivity contribution is 0.257. The van der Waals surface area contributed by atoms with Crippen LogP contribution in [-0.2, 0) is 0 Å². The van der Waals surface area contributed by atoms with Crippen molar-refractivity contribution in [1.29, 1.82) is 0 Å². The van der Waals surface area contributed by atoms with Crippen molar-refractivity contribution >= 4 is 5.96 Å². The van der Waals surface area contributed by atoms with E-state index in [9.17, 15) is 4.39 Å². The third-order valence-electron chi connectivity index (χ3n) is 4.01. The summed E-state index contributed by atoms with van der Waals surface area (Å²) in [5.41, 5.74) is 6.71. The maximum Gasteiger partial charge on any atom is 0.192 e. The van der Waals surface area contributed by atoms with Crippen LogP contribution in [0, 0.1) is 5.82 Å². The zero-order valence-corrected chi connectivity index (χ0v) is 10.3. The molecule has 1 heterocycles. The Morgan fingerprint density at radius 2 is 1.94 bits per heavy atom. The monoisotopic (exact) mass is 247 g/mol. The van der Waals surface area contributed by atoms with Crippen molar-refractivity contribution < 1.29 is 4.39 Å². The zero-order chi connectivity index (χ0) is 12.5. The highest BCUT2D eigenvalue weighted by Gasteiger charge is 2.35. The van der Waals surface area contributed by atoms with E-state index in [0.29, 0.717) is 24.1 Å². The summed E-state index contributed by atoms with van der Waals surface area (Å²) in [4.78, 5) is 6.45. The van der Waals surface area contributed by atoms with Crippen LogP contribution in [0.1, 0.15) is 37.3 Å². The molecule has 0 spiro atoms. The number of nitrogens with two attached hydrogens (primary N) is 1. The Morgan fingerprint density at radius 1 is 1.22 bits per heavy atom. The van der Waals surface area contributed by atoms with Gasteiger partial charge in [-0.25, -0.2) is 4.39 Å². The number of benzene rings is 1. The molecular formula is C14H18FN3. The Labute approximate surface area is 106 Å². The second-order valence-electron chi connectivity index (χ2n) is 5.08. The van der Waals surface area contributed by atoms with E-state index in [1.165, 1.54) is 18.9 Å². The van der Waals surface area contributed by atoms with Crippen molar-refractivity contribution in [1.82, 2.24) is 4.90 Å². The van der Waals surface area contributed by atoms with Crippen LogP contribution in [0.3, 0.4) is 0 Å². The van der Waals surface area contributed by atoms with Gasteiger partial charge in [0.15, 0.2) is 5.96 Å². The highest BCUT2D eigenvalue weighted by atomic mass is 19.1. The molecule has 0 bridgehead atoms. The highest BCUT2D eigenvalue weighted by Crippen LogP contribution is 2.34. The average Bonchev–Trinajstić information content (AvgIpc) is 2.98. The van der Waals surface area contributed by atoms with Crippen molar-refractivity contribution in [3.05, 3.63) is 35.6 Å². The molecule has 1 fully saturated rings. The lowest BCUT2D eigenvalue weighted by atomic mass is 10.0. The SMILES string of the molecule is NC1=NCC(c2ccccc2F)N1C1CCCC1. The first-order valence-electron chi connectivity index (χ1n) is 6.60. The van der Waals surface area contributed by atoms with Gasteiger partial charge in [-0.3, -0.25) is 4.99 Å². The number of nitrogens with zero attached hydrogens (tertiary/aromatic N) is 2. The lowest BCUT2D eigenvalue weighted by Crippen LogP contribution is -2.42. The first kappa shape index (κ1) is 11.5. The van der Waals surface area contributed by atoms with E-state index in [4.69, 9.17) is 5.73 Å². The van der Waals surface area contributed by atoms with Gasteiger partial charge in [0.25, 0.3) is 0 Å². The van der Waals surface area contributed by atoms with Crippen LogP contribution in [0.2, 0.25) is 0 Å². The molecule has 1 aliphatic heterocycles. The van der Waals surface area contributed by atoms with Gasteiger partial charge in [0, 0.05) is 11.6 Å². The van der Waals surface area contributed by atoms with Gasteiger partial charge in [-0.2, -0.15) is 0 Å². The normalized spacial score (nSPS) is 24.6. The third kappa shape index (κ3) is 1.85. The number of rotatable bonds is 2. The molecule has 0 saturated heterocycles. The number of halogens is 1. The molecule has 3 nitrogen and oxygen atoms in total. The van der Waals surface area contributed by atoms with E-state index < -0.39 is 0 Å². The molecule has 0 radical (unpaired) electrons. The molecular weight excluding hydrogens is 229 g/mol. The summed E-state index contributed by atoms with van der Waals surface area (Å²) < 4.78 is 13.9. The molecule has 1 unspecified atom stereocenters. The third-order valence-corrected chi connectivity index (χ3v) is 4.01. The van der Waals surface area contributed by atoms with Crippen LogP contribution < -0.4 is 5.73 Å². The minimum Gasteiger partial charge on any atom is -0.370 e. The first-order chi connectivity index (χ1) is 8.77. The minimum atomic E-state index is -0.157. The van der Waals surface area contributed by atoms with E-state index in [2.05, 4.69) is 9.89 Å². The standard InChI is InChI=1S/C14H18FN3/c15-12-8-4-3-7-11(12)13-9-17-14(16)18(13)10-5-1-2-6-10/h3-4,7-8,10,13H,1-2,5-6,9H2,(H2,16,17). The van der Waals surface area contributed by atoms with Crippen LogP contribution in [-0.4, -0.2) is 23.4 Å². The first-order valence-corrected chi connectivity index (χ1v) is 6.60. The fourth-order valence-electron chi connectivity index (χ4n) is 3.13. The van der Waals surface area contributed by atoms with Crippen LogP contribution in [0.15, 0.2) is 29.3 Å². The summed E-state index contributed by atoms with van der Waals surface area (Å²) in [7, 11) is 0. The second kappa shape index (κ2) is 4.59. The summed E-state index contributed by atoms with van der Waals surface area (Å²) >= 11 is 0. The van der Waals surface area contributed by atoms with Gasteiger partial charge in [-0.15, -0.1) is 0 Å². The van der Waals surface area contributed by atoms with E-state index in [0.717, 1.165) is 12.8 Å². The summed E-state index contributed by atoms with van der Waals surface area (Å²) in [6.45, 7) is 0.573. The van der Waals surface area contributed by atoms with Gasteiger partial charge >= 0.3 is 0 Å². The van der Waals surface area contributed by atoms with Gasteiger partial charge in [0.2, 0.25) is 0 Å². The van der Waals surface area contributed by atoms with Crippen LogP contribution in [0.25, 0.3) is 0 Å². The largest absolute Gasteiger partial charge is 0.370 e. The topological polar surface area (TPSA) is 41.6 Å². The van der Waals surface area contributed by atoms with Gasteiger partial charge in [0.1, 0.15) is 5.82 Å². The van der Waals surface area contributed by atoms with E-state index in [1.807, 2.05) is 12.1 Å². The molecule has 1 saturated carbocycles. The minimum absolute atomic E-state index is 0.0192. The molecule has 3 rings (SSSR count). The Bertz CT molecular complexity index is 466. The predicted molar refractivity (Wildman–Crippen MR) is 69.7 cm³/mol. The fraction of sp³-hybridized carbons (Fsp3) is 0.500. The van der Waals surface area contributed by atoms with Crippen molar-refractivity contribution in [3.8, 4) is 0 Å². The van der Waals surface area contributed by atoms with Crippen LogP contribution >= 0.6 is 0 Å². The van der Waals surface area contributed by atoms with Crippen molar-refractivity contribution in [2.75, 3.05) is 6.54 Å². The molecule has 1 aliphatic carbocycles. The maximum atomic E-state index is 13.9. The quantitative estimate of drug-likeness (QED) is 0.872. The van der Waals surface area contributed by atoms with Gasteiger partial charge < -0.3 is 10.6 Å². The van der Waals surface area contributed by atoms with Gasteiger partial charge in [-0.1, -0.05) is 31.0 Å². The fourth-order valence-corrected chi connectivity index (χ4v) is 3.13. The maximum absolute atomic E-state index is 13.9. The Morgan fingerprint density at radius 3 is 2.67 bits per heavy atom. The summed E-state index contributed by atoms with van der Waals surface area (Å²) in [5, 5.41) is 0. The molecule has 0 aromatic heterocycles. The molecule has 2 N–H and O–H groups in total. The Kier molecular flexibility index (Phi) is 2.94. The molecule has 0 amide bonds.